The maximum atomic E-state index is 5.81. The Bertz CT molecular complexity index is 208. The molecule has 0 radical (unpaired) electrons. The fourth-order valence-electron chi connectivity index (χ4n) is 2.37. The van der Waals surface area contributed by atoms with Gasteiger partial charge in [0.15, 0.2) is 6.29 Å². The maximum Gasteiger partial charge on any atom is 0.161 e. The Labute approximate surface area is 127 Å². The van der Waals surface area contributed by atoms with E-state index in [4.69, 9.17) is 9.47 Å². The molecular formula is C18H38O2. The quantitative estimate of drug-likeness (QED) is 0.333. The average Bonchev–Trinajstić information content (AvgIpc) is 2.39. The van der Waals surface area contributed by atoms with Crippen molar-refractivity contribution in [2.24, 2.45) is 11.3 Å². The highest BCUT2D eigenvalue weighted by atomic mass is 16.7. The Balaban J connectivity index is 3.36. The first-order valence-electron chi connectivity index (χ1n) is 8.56. The van der Waals surface area contributed by atoms with E-state index < -0.39 is 0 Å². The van der Waals surface area contributed by atoms with Crippen LogP contribution in [0.1, 0.15) is 86.0 Å². The Morgan fingerprint density at radius 2 is 1.45 bits per heavy atom. The molecule has 0 N–H and O–H groups in total. The second-order valence-electron chi connectivity index (χ2n) is 7.23. The van der Waals surface area contributed by atoms with Gasteiger partial charge in [-0.15, -0.1) is 0 Å². The Hall–Kier alpha value is -0.0800. The standard InChI is InChI=1S/C18H38O2/c1-7-16(2)14-12-10-8-9-11-13-15-20-17(19-6)18(3,4)5/h16-17H,7-15H2,1-6H3. The Morgan fingerprint density at radius 1 is 0.900 bits per heavy atom. The largest absolute Gasteiger partial charge is 0.355 e. The number of unbranched alkanes of at least 4 members (excludes halogenated alkanes) is 5. The summed E-state index contributed by atoms with van der Waals surface area (Å²) < 4.78 is 11.2. The van der Waals surface area contributed by atoms with Gasteiger partial charge in [-0.1, -0.05) is 79.6 Å². The lowest BCUT2D eigenvalue weighted by atomic mass is 9.96. The molecule has 0 fully saturated rings. The molecule has 0 bridgehead atoms. The van der Waals surface area contributed by atoms with Gasteiger partial charge < -0.3 is 9.47 Å². The zero-order valence-corrected chi connectivity index (χ0v) is 14.8. The first-order chi connectivity index (χ1) is 9.41. The van der Waals surface area contributed by atoms with E-state index in [1.165, 1.54) is 44.9 Å². The molecule has 0 spiro atoms. The minimum Gasteiger partial charge on any atom is -0.355 e. The molecule has 0 aliphatic carbocycles. The third-order valence-electron chi connectivity index (χ3n) is 3.98. The molecule has 2 heteroatoms. The highest BCUT2D eigenvalue weighted by molar-refractivity contribution is 4.65. The maximum absolute atomic E-state index is 5.81. The van der Waals surface area contributed by atoms with E-state index in [0.717, 1.165) is 18.9 Å². The highest BCUT2D eigenvalue weighted by Gasteiger charge is 2.24. The fraction of sp³-hybridized carbons (Fsp3) is 1.00. The van der Waals surface area contributed by atoms with Gasteiger partial charge in [-0.2, -0.15) is 0 Å². The van der Waals surface area contributed by atoms with E-state index in [1.807, 2.05) is 0 Å². The summed E-state index contributed by atoms with van der Waals surface area (Å²) in [6.45, 7) is 11.9. The summed E-state index contributed by atoms with van der Waals surface area (Å²) in [6.07, 6.45) is 10.6. The van der Waals surface area contributed by atoms with Gasteiger partial charge in [-0.05, 0) is 12.3 Å². The number of rotatable bonds is 12. The van der Waals surface area contributed by atoms with Gasteiger partial charge in [-0.25, -0.2) is 0 Å². The fourth-order valence-corrected chi connectivity index (χ4v) is 2.37. The number of hydrogen-bond acceptors (Lipinski definition) is 2. The molecule has 0 heterocycles. The zero-order chi connectivity index (χ0) is 15.4. The van der Waals surface area contributed by atoms with Crippen LogP contribution in [-0.2, 0) is 9.47 Å². The number of ether oxygens (including phenoxy) is 2. The molecule has 0 saturated carbocycles. The smallest absolute Gasteiger partial charge is 0.161 e. The van der Waals surface area contributed by atoms with Gasteiger partial charge in [-0.3, -0.25) is 0 Å². The number of methoxy groups -OCH3 is 1. The van der Waals surface area contributed by atoms with Gasteiger partial charge in [0, 0.05) is 19.1 Å². The van der Waals surface area contributed by atoms with Crippen molar-refractivity contribution in [2.45, 2.75) is 92.3 Å². The van der Waals surface area contributed by atoms with Crippen LogP contribution in [0.3, 0.4) is 0 Å². The molecule has 122 valence electrons. The monoisotopic (exact) mass is 286 g/mol. The summed E-state index contributed by atoms with van der Waals surface area (Å²) in [4.78, 5) is 0. The molecule has 0 aromatic heterocycles. The van der Waals surface area contributed by atoms with E-state index in [9.17, 15) is 0 Å². The summed E-state index contributed by atoms with van der Waals surface area (Å²) in [7, 11) is 1.73. The lowest BCUT2D eigenvalue weighted by molar-refractivity contribution is -0.179. The van der Waals surface area contributed by atoms with Crippen LogP contribution in [0.5, 0.6) is 0 Å². The van der Waals surface area contributed by atoms with Gasteiger partial charge in [0.2, 0.25) is 0 Å². The molecule has 0 rings (SSSR count). The molecular weight excluding hydrogens is 248 g/mol. The van der Waals surface area contributed by atoms with Crippen LogP contribution in [0.4, 0.5) is 0 Å². The van der Waals surface area contributed by atoms with Crippen LogP contribution in [0.2, 0.25) is 0 Å². The Kier molecular flexibility index (Phi) is 11.5. The second kappa shape index (κ2) is 11.6. The van der Waals surface area contributed by atoms with Gasteiger partial charge in [0.1, 0.15) is 0 Å². The lowest BCUT2D eigenvalue weighted by Crippen LogP contribution is -2.31. The Morgan fingerprint density at radius 3 is 1.95 bits per heavy atom. The van der Waals surface area contributed by atoms with E-state index in [1.54, 1.807) is 7.11 Å². The summed E-state index contributed by atoms with van der Waals surface area (Å²) >= 11 is 0. The van der Waals surface area contributed by atoms with Gasteiger partial charge in [0.25, 0.3) is 0 Å². The highest BCUT2D eigenvalue weighted by Crippen LogP contribution is 2.23. The van der Waals surface area contributed by atoms with Crippen LogP contribution < -0.4 is 0 Å². The van der Waals surface area contributed by atoms with Crippen molar-refractivity contribution in [3.05, 3.63) is 0 Å². The molecule has 0 saturated heterocycles. The van der Waals surface area contributed by atoms with Crippen molar-refractivity contribution in [3.63, 3.8) is 0 Å². The predicted molar refractivity (Wildman–Crippen MR) is 88.0 cm³/mol. The molecule has 0 amide bonds. The molecule has 2 nitrogen and oxygen atoms in total. The summed E-state index contributed by atoms with van der Waals surface area (Å²) in [5.41, 5.74) is 0.0602. The summed E-state index contributed by atoms with van der Waals surface area (Å²) in [5.74, 6) is 0.909. The van der Waals surface area contributed by atoms with Crippen molar-refractivity contribution in [3.8, 4) is 0 Å². The van der Waals surface area contributed by atoms with Crippen molar-refractivity contribution in [1.82, 2.24) is 0 Å². The molecule has 0 aromatic carbocycles. The van der Waals surface area contributed by atoms with Crippen LogP contribution in [0.15, 0.2) is 0 Å². The van der Waals surface area contributed by atoms with E-state index in [2.05, 4.69) is 34.6 Å². The molecule has 20 heavy (non-hydrogen) atoms. The molecule has 0 aromatic rings. The third kappa shape index (κ3) is 10.7. The molecule has 0 aliphatic heterocycles. The normalized spacial score (nSPS) is 15.3. The number of hydrogen-bond donors (Lipinski definition) is 0. The van der Waals surface area contributed by atoms with Crippen molar-refractivity contribution in [1.29, 1.82) is 0 Å². The van der Waals surface area contributed by atoms with Crippen molar-refractivity contribution >= 4 is 0 Å². The SMILES string of the molecule is CCC(C)CCCCCCCCOC(OC)C(C)(C)C. The first-order valence-corrected chi connectivity index (χ1v) is 8.56. The van der Waals surface area contributed by atoms with Crippen molar-refractivity contribution < 1.29 is 9.47 Å². The van der Waals surface area contributed by atoms with Gasteiger partial charge in [0.05, 0.1) is 0 Å². The average molecular weight is 286 g/mol. The molecule has 2 atom stereocenters. The summed E-state index contributed by atoms with van der Waals surface area (Å²) in [6, 6.07) is 0. The minimum absolute atomic E-state index is 0.0602. The lowest BCUT2D eigenvalue weighted by Gasteiger charge is -2.29. The van der Waals surface area contributed by atoms with E-state index in [0.29, 0.717) is 0 Å². The second-order valence-corrected chi connectivity index (χ2v) is 7.23. The minimum atomic E-state index is -0.0852. The topological polar surface area (TPSA) is 18.5 Å². The molecule has 2 unspecified atom stereocenters. The van der Waals surface area contributed by atoms with Crippen LogP contribution in [0, 0.1) is 11.3 Å². The zero-order valence-electron chi connectivity index (χ0n) is 14.8. The van der Waals surface area contributed by atoms with Crippen LogP contribution in [-0.4, -0.2) is 20.0 Å². The van der Waals surface area contributed by atoms with Crippen LogP contribution in [0.25, 0.3) is 0 Å². The third-order valence-corrected chi connectivity index (χ3v) is 3.98. The van der Waals surface area contributed by atoms with Crippen molar-refractivity contribution in [2.75, 3.05) is 13.7 Å². The van der Waals surface area contributed by atoms with E-state index >= 15 is 0 Å². The van der Waals surface area contributed by atoms with Gasteiger partial charge >= 0.3 is 0 Å². The predicted octanol–water partition coefficient (Wildman–Crippen LogP) is 5.80. The summed E-state index contributed by atoms with van der Waals surface area (Å²) in [5, 5.41) is 0. The van der Waals surface area contributed by atoms with E-state index in [-0.39, 0.29) is 11.7 Å². The van der Waals surface area contributed by atoms with Crippen LogP contribution >= 0.6 is 0 Å². The first kappa shape index (κ1) is 19.9. The molecule has 0 aliphatic rings.